The van der Waals surface area contributed by atoms with Gasteiger partial charge in [-0.3, -0.25) is 18.8 Å². The molecule has 0 aliphatic carbocycles. The van der Waals surface area contributed by atoms with E-state index in [2.05, 4.69) is 20.8 Å². The maximum atomic E-state index is 14.2. The van der Waals surface area contributed by atoms with Crippen molar-refractivity contribution >= 4 is 11.7 Å². The molecule has 1 aliphatic heterocycles. The summed E-state index contributed by atoms with van der Waals surface area (Å²) < 4.78 is 45.2. The fourth-order valence-corrected chi connectivity index (χ4v) is 5.77. The van der Waals surface area contributed by atoms with Crippen LogP contribution in [0.3, 0.4) is 0 Å². The van der Waals surface area contributed by atoms with E-state index >= 15 is 0 Å². The van der Waals surface area contributed by atoms with E-state index in [9.17, 15) is 28.0 Å². The lowest BCUT2D eigenvalue weighted by atomic mass is 10.0. The molecule has 0 saturated heterocycles. The number of rotatable bonds is 9. The molecule has 0 radical (unpaired) electrons. The zero-order chi connectivity index (χ0) is 33.2. The lowest BCUT2D eigenvalue weighted by Gasteiger charge is -2.34. The Hall–Kier alpha value is -5.12. The first-order valence-electron chi connectivity index (χ1n) is 14.9. The number of carbonyl (C=O) groups is 1. The molecule has 0 unspecified atom stereocenters. The molecule has 5 rings (SSSR count). The van der Waals surface area contributed by atoms with Gasteiger partial charge in [0.1, 0.15) is 17.4 Å². The van der Waals surface area contributed by atoms with E-state index in [4.69, 9.17) is 4.98 Å². The number of benzene rings is 2. The van der Waals surface area contributed by atoms with Crippen molar-refractivity contribution in [2.75, 3.05) is 18.0 Å². The summed E-state index contributed by atoms with van der Waals surface area (Å²) in [5, 5.41) is 13.8. The SMILES string of the molecule is CCN1CCCc2c1nc([C@@H](C)N(Cc1cn(C)nc1C)C(=O)Cc1ccc(OC(F)(F)F)cc1)n(-c1ccc(C#N)cc1)c2=O. The predicted octanol–water partition coefficient (Wildman–Crippen LogP) is 5.15. The molecule has 1 aliphatic rings. The molecule has 0 bridgehead atoms. The summed E-state index contributed by atoms with van der Waals surface area (Å²) in [6.07, 6.45) is -1.77. The first-order chi connectivity index (χ1) is 21.9. The predicted molar refractivity (Wildman–Crippen MR) is 164 cm³/mol. The largest absolute Gasteiger partial charge is 0.573 e. The number of hydrogen-bond donors (Lipinski definition) is 0. The molecule has 0 spiro atoms. The number of fused-ring (bicyclic) bond motifs is 1. The Kier molecular flexibility index (Phi) is 9.18. The fraction of sp³-hybridized carbons (Fsp3) is 0.364. The standard InChI is InChI=1S/C33H34F3N7O3/c1-5-41-16-6-7-28-31(41)38-30(43(32(28)45)26-12-8-24(18-37)9-13-26)22(3)42(20-25-19-40(4)39-21(25)2)29(44)17-23-10-14-27(15-11-23)46-33(34,35)36/h8-15,19,22H,5-7,16-17,20H2,1-4H3/t22-/m1/s1. The molecule has 1 amide bonds. The molecule has 46 heavy (non-hydrogen) atoms. The van der Waals surface area contributed by atoms with E-state index < -0.39 is 12.4 Å². The molecule has 0 saturated carbocycles. The summed E-state index contributed by atoms with van der Waals surface area (Å²) in [6, 6.07) is 13.2. The zero-order valence-corrected chi connectivity index (χ0v) is 26.0. The Morgan fingerprint density at radius 3 is 2.43 bits per heavy atom. The van der Waals surface area contributed by atoms with Gasteiger partial charge in [-0.2, -0.15) is 10.4 Å². The second kappa shape index (κ2) is 13.1. The van der Waals surface area contributed by atoms with E-state index in [1.807, 2.05) is 20.0 Å². The van der Waals surface area contributed by atoms with Crippen molar-refractivity contribution in [3.05, 3.63) is 98.9 Å². The van der Waals surface area contributed by atoms with Gasteiger partial charge in [0.15, 0.2) is 0 Å². The number of aromatic nitrogens is 4. The zero-order valence-electron chi connectivity index (χ0n) is 26.0. The monoisotopic (exact) mass is 633 g/mol. The number of ether oxygens (including phenoxy) is 1. The summed E-state index contributed by atoms with van der Waals surface area (Å²) in [5.74, 6) is 0.226. The number of nitriles is 1. The number of alkyl halides is 3. The van der Waals surface area contributed by atoms with Crippen molar-refractivity contribution in [1.29, 1.82) is 5.26 Å². The van der Waals surface area contributed by atoms with E-state index in [-0.39, 0.29) is 30.2 Å². The van der Waals surface area contributed by atoms with Crippen LogP contribution in [0.25, 0.3) is 5.69 Å². The number of anilines is 1. The Morgan fingerprint density at radius 1 is 1.15 bits per heavy atom. The van der Waals surface area contributed by atoms with Crippen LogP contribution in [-0.2, 0) is 31.2 Å². The minimum atomic E-state index is -4.83. The van der Waals surface area contributed by atoms with Crippen LogP contribution in [0.5, 0.6) is 5.75 Å². The van der Waals surface area contributed by atoms with Crippen molar-refractivity contribution < 1.29 is 22.7 Å². The minimum Gasteiger partial charge on any atom is -0.406 e. The highest BCUT2D eigenvalue weighted by Gasteiger charge is 2.32. The molecule has 3 heterocycles. The van der Waals surface area contributed by atoms with Crippen LogP contribution in [-0.4, -0.2) is 49.6 Å². The summed E-state index contributed by atoms with van der Waals surface area (Å²) in [7, 11) is 1.78. The number of amides is 1. The molecule has 0 fully saturated rings. The summed E-state index contributed by atoms with van der Waals surface area (Å²) >= 11 is 0. The van der Waals surface area contributed by atoms with Crippen LogP contribution in [0.1, 0.15) is 60.1 Å². The minimum absolute atomic E-state index is 0.122. The third-order valence-corrected chi connectivity index (χ3v) is 8.10. The second-order valence-electron chi connectivity index (χ2n) is 11.2. The lowest BCUT2D eigenvalue weighted by Crippen LogP contribution is -2.41. The van der Waals surface area contributed by atoms with Gasteiger partial charge in [0, 0.05) is 38.4 Å². The molecule has 1 atom stereocenters. The highest BCUT2D eigenvalue weighted by atomic mass is 19.4. The van der Waals surface area contributed by atoms with E-state index in [0.29, 0.717) is 47.0 Å². The second-order valence-corrected chi connectivity index (χ2v) is 11.2. The Bertz CT molecular complexity index is 1820. The maximum absolute atomic E-state index is 14.2. The van der Waals surface area contributed by atoms with Crippen molar-refractivity contribution in [2.45, 2.75) is 59.0 Å². The average Bonchev–Trinajstić information content (AvgIpc) is 3.35. The topological polar surface area (TPSA) is 109 Å². The normalized spacial score (nSPS) is 13.6. The average molecular weight is 634 g/mol. The van der Waals surface area contributed by atoms with Crippen LogP contribution in [0.4, 0.5) is 19.0 Å². The number of hydrogen-bond acceptors (Lipinski definition) is 7. The van der Waals surface area contributed by atoms with Crippen molar-refractivity contribution in [3.8, 4) is 17.5 Å². The molecule has 4 aromatic rings. The highest BCUT2D eigenvalue weighted by Crippen LogP contribution is 2.30. The molecule has 10 nitrogen and oxygen atoms in total. The lowest BCUT2D eigenvalue weighted by molar-refractivity contribution is -0.274. The van der Waals surface area contributed by atoms with Crippen LogP contribution < -0.4 is 15.2 Å². The van der Waals surface area contributed by atoms with Gasteiger partial charge in [-0.05, 0) is 75.6 Å². The number of nitrogens with zero attached hydrogens (tertiary/aromatic N) is 7. The third-order valence-electron chi connectivity index (χ3n) is 8.10. The molecule has 240 valence electrons. The van der Waals surface area contributed by atoms with Crippen LogP contribution in [0, 0.1) is 18.3 Å². The van der Waals surface area contributed by atoms with Crippen molar-refractivity contribution in [3.63, 3.8) is 0 Å². The Balaban J connectivity index is 1.60. The smallest absolute Gasteiger partial charge is 0.406 e. The molecular weight excluding hydrogens is 599 g/mol. The summed E-state index contributed by atoms with van der Waals surface area (Å²) in [4.78, 5) is 37.0. The number of halogens is 3. The molecule has 2 aromatic heterocycles. The number of aryl methyl sites for hydroxylation is 2. The molecule has 2 aromatic carbocycles. The first kappa shape index (κ1) is 32.3. The van der Waals surface area contributed by atoms with Gasteiger partial charge in [-0.1, -0.05) is 12.1 Å². The van der Waals surface area contributed by atoms with Crippen molar-refractivity contribution in [2.24, 2.45) is 7.05 Å². The van der Waals surface area contributed by atoms with Crippen molar-refractivity contribution in [1.82, 2.24) is 24.2 Å². The van der Waals surface area contributed by atoms with Crippen LogP contribution in [0.15, 0.2) is 59.5 Å². The molecule has 13 heteroatoms. The van der Waals surface area contributed by atoms with Gasteiger partial charge in [-0.15, -0.1) is 13.2 Å². The summed E-state index contributed by atoms with van der Waals surface area (Å²) in [6.45, 7) is 7.18. The fourth-order valence-electron chi connectivity index (χ4n) is 5.77. The van der Waals surface area contributed by atoms with Gasteiger partial charge < -0.3 is 14.5 Å². The van der Waals surface area contributed by atoms with Crippen LogP contribution >= 0.6 is 0 Å². The Morgan fingerprint density at radius 2 is 1.85 bits per heavy atom. The third kappa shape index (κ3) is 6.91. The quantitative estimate of drug-likeness (QED) is 0.251. The summed E-state index contributed by atoms with van der Waals surface area (Å²) in [5.41, 5.74) is 3.30. The van der Waals surface area contributed by atoms with E-state index in [0.717, 1.165) is 24.2 Å². The number of carbonyl (C=O) groups excluding carboxylic acids is 1. The van der Waals surface area contributed by atoms with Gasteiger partial charge in [0.2, 0.25) is 5.91 Å². The Labute approximate surface area is 264 Å². The van der Waals surface area contributed by atoms with Gasteiger partial charge in [-0.25, -0.2) is 4.98 Å². The highest BCUT2D eigenvalue weighted by molar-refractivity contribution is 5.79. The van der Waals surface area contributed by atoms with Gasteiger partial charge in [0.25, 0.3) is 5.56 Å². The van der Waals surface area contributed by atoms with Gasteiger partial charge >= 0.3 is 6.36 Å². The first-order valence-corrected chi connectivity index (χ1v) is 14.9. The van der Waals surface area contributed by atoms with E-state index in [1.165, 1.54) is 28.8 Å². The van der Waals surface area contributed by atoms with Crippen LogP contribution in [0.2, 0.25) is 0 Å². The van der Waals surface area contributed by atoms with Gasteiger partial charge in [0.05, 0.1) is 41.0 Å². The molecule has 0 N–H and O–H groups in total. The maximum Gasteiger partial charge on any atom is 0.573 e. The molecular formula is C33H34F3N7O3. The van der Waals surface area contributed by atoms with E-state index in [1.54, 1.807) is 47.8 Å².